The van der Waals surface area contributed by atoms with E-state index in [0.717, 1.165) is 5.56 Å². The number of amides is 2. The lowest BCUT2D eigenvalue weighted by atomic mass is 9.95. The Morgan fingerprint density at radius 3 is 2.46 bits per heavy atom. The summed E-state index contributed by atoms with van der Waals surface area (Å²) in [6.07, 6.45) is 0.259. The first-order valence-electron chi connectivity index (χ1n) is 12.0. The molecule has 9 heteroatoms. The molecular weight excluding hydrogens is 466 g/mol. The molecule has 0 aliphatic carbocycles. The Morgan fingerprint density at radius 1 is 1.17 bits per heavy atom. The van der Waals surface area contributed by atoms with Crippen LogP contribution >= 0.6 is 0 Å². The van der Waals surface area contributed by atoms with Crippen LogP contribution in [-0.4, -0.2) is 54.7 Å². The number of nitrogens with one attached hydrogen (secondary N) is 1. The molecule has 0 bridgehead atoms. The Hall–Kier alpha value is -2.91. The fourth-order valence-electron chi connectivity index (χ4n) is 4.63. The van der Waals surface area contributed by atoms with Crippen LogP contribution in [0, 0.1) is 12.8 Å². The zero-order valence-corrected chi connectivity index (χ0v) is 21.5. The van der Waals surface area contributed by atoms with E-state index >= 15 is 0 Å². The van der Waals surface area contributed by atoms with Gasteiger partial charge in [0.15, 0.2) is 6.10 Å². The van der Waals surface area contributed by atoms with Crippen LogP contribution in [0.3, 0.4) is 0 Å². The van der Waals surface area contributed by atoms with E-state index in [1.165, 1.54) is 10.4 Å². The van der Waals surface area contributed by atoms with Gasteiger partial charge in [-0.1, -0.05) is 30.3 Å². The summed E-state index contributed by atoms with van der Waals surface area (Å²) < 4.78 is 34.0. The third-order valence-corrected chi connectivity index (χ3v) is 8.77. The molecular formula is C26H33N3O5S. The number of anilines is 1. The van der Waals surface area contributed by atoms with Gasteiger partial charge >= 0.3 is 0 Å². The molecule has 1 atom stereocenters. The Balaban J connectivity index is 1.46. The summed E-state index contributed by atoms with van der Waals surface area (Å²) in [5.74, 6) is -0.0534. The number of nitrogens with zero attached hydrogens (tertiary/aromatic N) is 2. The van der Waals surface area contributed by atoms with Crippen molar-refractivity contribution in [1.29, 1.82) is 0 Å². The van der Waals surface area contributed by atoms with Gasteiger partial charge < -0.3 is 15.0 Å². The second-order valence-corrected chi connectivity index (χ2v) is 11.5. The number of piperidine rings is 1. The van der Waals surface area contributed by atoms with Gasteiger partial charge in [-0.15, -0.1) is 0 Å². The minimum Gasteiger partial charge on any atom is -0.479 e. The molecule has 1 N–H and O–H groups in total. The predicted molar refractivity (Wildman–Crippen MR) is 134 cm³/mol. The lowest BCUT2D eigenvalue weighted by Gasteiger charge is -2.35. The second-order valence-electron chi connectivity index (χ2n) is 9.59. The molecule has 0 saturated carbocycles. The van der Waals surface area contributed by atoms with Crippen LogP contribution in [0.5, 0.6) is 5.75 Å². The molecule has 2 aromatic rings. The molecule has 1 fully saturated rings. The number of rotatable bonds is 6. The minimum absolute atomic E-state index is 0.0468. The van der Waals surface area contributed by atoms with Gasteiger partial charge in [0.1, 0.15) is 5.75 Å². The monoisotopic (exact) mass is 499 g/mol. The summed E-state index contributed by atoms with van der Waals surface area (Å²) in [7, 11) is -3.78. The highest BCUT2D eigenvalue weighted by atomic mass is 32.2. The number of carbonyl (C=O) groups excluding carboxylic acids is 2. The molecule has 0 aromatic heterocycles. The van der Waals surface area contributed by atoms with Gasteiger partial charge in [0.25, 0.3) is 5.91 Å². The summed E-state index contributed by atoms with van der Waals surface area (Å²) >= 11 is 0. The minimum atomic E-state index is -3.78. The Labute approximate surface area is 207 Å². The van der Waals surface area contributed by atoms with Crippen molar-refractivity contribution in [3.63, 3.8) is 0 Å². The van der Waals surface area contributed by atoms with Gasteiger partial charge in [-0.2, -0.15) is 4.31 Å². The van der Waals surface area contributed by atoms with Gasteiger partial charge in [-0.25, -0.2) is 8.42 Å². The molecule has 0 radical (unpaired) electrons. The molecule has 2 heterocycles. The summed E-state index contributed by atoms with van der Waals surface area (Å²) in [5, 5.41) is 2.75. The molecule has 8 nitrogen and oxygen atoms in total. The lowest BCUT2D eigenvalue weighted by molar-refractivity contribution is -0.139. The SMILES string of the molecule is Cc1cc2c(cc1S(=O)(=O)N1CCC(C(=O)N(Cc3ccccc3)C(C)C)CC1)OC(C)C(=O)N2. The second kappa shape index (κ2) is 9.99. The van der Waals surface area contributed by atoms with Crippen LogP contribution in [0.15, 0.2) is 47.4 Å². The average molecular weight is 500 g/mol. The maximum atomic E-state index is 13.5. The highest BCUT2D eigenvalue weighted by molar-refractivity contribution is 7.89. The normalized spacial score (nSPS) is 19.1. The van der Waals surface area contributed by atoms with Crippen LogP contribution < -0.4 is 10.1 Å². The van der Waals surface area contributed by atoms with Crippen molar-refractivity contribution in [2.45, 2.75) is 64.1 Å². The van der Waals surface area contributed by atoms with Gasteiger partial charge in [0.2, 0.25) is 15.9 Å². The number of hydrogen-bond donors (Lipinski definition) is 1. The molecule has 2 aromatic carbocycles. The van der Waals surface area contributed by atoms with Crippen molar-refractivity contribution in [3.8, 4) is 5.75 Å². The van der Waals surface area contributed by atoms with Crippen LogP contribution in [0.4, 0.5) is 5.69 Å². The van der Waals surface area contributed by atoms with Crippen molar-refractivity contribution >= 4 is 27.5 Å². The van der Waals surface area contributed by atoms with Crippen molar-refractivity contribution in [3.05, 3.63) is 53.6 Å². The predicted octanol–water partition coefficient (Wildman–Crippen LogP) is 3.55. The van der Waals surface area contributed by atoms with Crippen LogP contribution in [-0.2, 0) is 26.2 Å². The van der Waals surface area contributed by atoms with E-state index < -0.39 is 16.1 Å². The smallest absolute Gasteiger partial charge is 0.265 e. The third kappa shape index (κ3) is 5.21. The number of sulfonamides is 1. The first kappa shape index (κ1) is 25.2. The standard InChI is InChI=1S/C26H33N3O5S/c1-17(2)29(16-20-8-6-5-7-9-20)26(31)21-10-12-28(13-11-21)35(32,33)24-15-23-22(14-18(24)3)27-25(30)19(4)34-23/h5-9,14-15,17,19,21H,10-13,16H2,1-4H3,(H,27,30). The number of benzene rings is 2. The highest BCUT2D eigenvalue weighted by Gasteiger charge is 2.36. The number of fused-ring (bicyclic) bond motifs is 1. The zero-order valence-electron chi connectivity index (χ0n) is 20.7. The topological polar surface area (TPSA) is 96.0 Å². The van der Waals surface area contributed by atoms with Gasteiger partial charge in [0, 0.05) is 37.7 Å². The first-order chi connectivity index (χ1) is 16.6. The van der Waals surface area contributed by atoms with Crippen molar-refractivity contribution in [1.82, 2.24) is 9.21 Å². The Morgan fingerprint density at radius 2 is 1.83 bits per heavy atom. The Kier molecular flexibility index (Phi) is 7.19. The largest absolute Gasteiger partial charge is 0.479 e. The van der Waals surface area contributed by atoms with Crippen molar-refractivity contribution in [2.75, 3.05) is 18.4 Å². The molecule has 188 valence electrons. The number of carbonyl (C=O) groups is 2. The molecule has 2 aliphatic heterocycles. The molecule has 4 rings (SSSR count). The van der Waals surface area contributed by atoms with E-state index in [-0.39, 0.29) is 41.8 Å². The lowest BCUT2D eigenvalue weighted by Crippen LogP contribution is -2.46. The molecule has 2 amide bonds. The fraction of sp³-hybridized carbons (Fsp3) is 0.462. The summed E-state index contributed by atoms with van der Waals surface area (Å²) in [6, 6.07) is 13.1. The van der Waals surface area contributed by atoms with E-state index in [9.17, 15) is 18.0 Å². The summed E-state index contributed by atoms with van der Waals surface area (Å²) in [5.41, 5.74) is 2.08. The van der Waals surface area contributed by atoms with Crippen LogP contribution in [0.25, 0.3) is 0 Å². The van der Waals surface area contributed by atoms with Gasteiger partial charge in [0.05, 0.1) is 10.6 Å². The maximum absolute atomic E-state index is 13.5. The van der Waals surface area contributed by atoms with E-state index in [1.54, 1.807) is 19.9 Å². The quantitative estimate of drug-likeness (QED) is 0.656. The van der Waals surface area contributed by atoms with E-state index in [1.807, 2.05) is 49.1 Å². The number of aryl methyl sites for hydroxylation is 1. The van der Waals surface area contributed by atoms with Crippen LogP contribution in [0.2, 0.25) is 0 Å². The number of ether oxygens (including phenoxy) is 1. The van der Waals surface area contributed by atoms with Crippen LogP contribution in [0.1, 0.15) is 44.7 Å². The fourth-order valence-corrected chi connectivity index (χ4v) is 6.32. The molecule has 0 spiro atoms. The maximum Gasteiger partial charge on any atom is 0.265 e. The Bertz CT molecular complexity index is 1200. The van der Waals surface area contributed by atoms with E-state index in [2.05, 4.69) is 5.32 Å². The van der Waals surface area contributed by atoms with E-state index in [0.29, 0.717) is 36.4 Å². The molecule has 1 unspecified atom stereocenters. The summed E-state index contributed by atoms with van der Waals surface area (Å²) in [6.45, 7) is 8.43. The third-order valence-electron chi connectivity index (χ3n) is 6.73. The number of hydrogen-bond acceptors (Lipinski definition) is 5. The van der Waals surface area contributed by atoms with Crippen molar-refractivity contribution < 1.29 is 22.7 Å². The first-order valence-corrected chi connectivity index (χ1v) is 13.5. The summed E-state index contributed by atoms with van der Waals surface area (Å²) in [4.78, 5) is 27.3. The average Bonchev–Trinajstić information content (AvgIpc) is 2.83. The van der Waals surface area contributed by atoms with Gasteiger partial charge in [-0.05, 0) is 57.7 Å². The van der Waals surface area contributed by atoms with E-state index in [4.69, 9.17) is 4.74 Å². The zero-order chi connectivity index (χ0) is 25.3. The van der Waals surface area contributed by atoms with Crippen molar-refractivity contribution in [2.24, 2.45) is 5.92 Å². The van der Waals surface area contributed by atoms with Gasteiger partial charge in [-0.3, -0.25) is 9.59 Å². The molecule has 2 aliphatic rings. The molecule has 35 heavy (non-hydrogen) atoms. The highest BCUT2D eigenvalue weighted by Crippen LogP contribution is 2.36. The molecule has 1 saturated heterocycles.